The number of halogens is 1. The molecule has 0 saturated heterocycles. The molecule has 4 nitrogen and oxygen atoms in total. The van der Waals surface area contributed by atoms with Crippen LogP contribution in [0.3, 0.4) is 0 Å². The molecule has 84 valence electrons. The van der Waals surface area contributed by atoms with Gasteiger partial charge in [-0.25, -0.2) is 9.97 Å². The normalized spacial score (nSPS) is 30.7. The molecule has 3 atom stereocenters. The van der Waals surface area contributed by atoms with E-state index in [1.54, 1.807) is 12.4 Å². The van der Waals surface area contributed by atoms with Crippen molar-refractivity contribution in [2.24, 2.45) is 11.5 Å². The van der Waals surface area contributed by atoms with E-state index in [1.807, 2.05) is 6.07 Å². The van der Waals surface area contributed by atoms with E-state index in [-0.39, 0.29) is 30.4 Å². The lowest BCUT2D eigenvalue weighted by molar-refractivity contribution is 0.337. The van der Waals surface area contributed by atoms with Gasteiger partial charge in [0.05, 0.1) is 0 Å². The number of nitrogens with zero attached hydrogens (tertiary/aromatic N) is 2. The highest BCUT2D eigenvalue weighted by Gasteiger charge is 2.29. The molecule has 1 fully saturated rings. The largest absolute Gasteiger partial charge is 0.328 e. The second-order valence-corrected chi connectivity index (χ2v) is 3.95. The Labute approximate surface area is 95.9 Å². The van der Waals surface area contributed by atoms with Gasteiger partial charge in [0.15, 0.2) is 0 Å². The topological polar surface area (TPSA) is 77.8 Å². The standard InChI is InChI=1S/C10H16N4.ClH/c11-7-2-3-9(12)8(6-7)10-13-4-1-5-14-10;/h1,4-5,7-9H,2-3,6,11-12H2;1H. The molecule has 1 aromatic rings. The first kappa shape index (κ1) is 12.4. The molecular weight excluding hydrogens is 212 g/mol. The Hall–Kier alpha value is -0.710. The Morgan fingerprint density at radius 1 is 1.13 bits per heavy atom. The van der Waals surface area contributed by atoms with Crippen LogP contribution in [-0.2, 0) is 0 Å². The summed E-state index contributed by atoms with van der Waals surface area (Å²) in [7, 11) is 0. The van der Waals surface area contributed by atoms with Crippen LogP contribution in [0.5, 0.6) is 0 Å². The van der Waals surface area contributed by atoms with Gasteiger partial charge in [-0.15, -0.1) is 12.4 Å². The summed E-state index contributed by atoms with van der Waals surface area (Å²) in [6.07, 6.45) is 6.42. The Morgan fingerprint density at radius 2 is 1.80 bits per heavy atom. The fourth-order valence-corrected chi connectivity index (χ4v) is 2.03. The van der Waals surface area contributed by atoms with Crippen molar-refractivity contribution in [2.75, 3.05) is 0 Å². The quantitative estimate of drug-likeness (QED) is 0.746. The summed E-state index contributed by atoms with van der Waals surface area (Å²) in [4.78, 5) is 8.48. The third-order valence-corrected chi connectivity index (χ3v) is 2.86. The number of nitrogens with two attached hydrogens (primary N) is 2. The fourth-order valence-electron chi connectivity index (χ4n) is 2.03. The molecule has 4 N–H and O–H groups in total. The molecule has 3 unspecified atom stereocenters. The van der Waals surface area contributed by atoms with E-state index in [2.05, 4.69) is 9.97 Å². The van der Waals surface area contributed by atoms with E-state index in [1.165, 1.54) is 0 Å². The molecule has 5 heteroatoms. The van der Waals surface area contributed by atoms with E-state index in [0.717, 1.165) is 25.1 Å². The van der Waals surface area contributed by atoms with Crippen LogP contribution in [0.15, 0.2) is 18.5 Å². The lowest BCUT2D eigenvalue weighted by Crippen LogP contribution is -2.40. The summed E-state index contributed by atoms with van der Waals surface area (Å²) in [5.41, 5.74) is 12.0. The first-order chi connectivity index (χ1) is 6.77. The monoisotopic (exact) mass is 228 g/mol. The molecule has 0 spiro atoms. The number of aromatic nitrogens is 2. The zero-order chi connectivity index (χ0) is 9.97. The van der Waals surface area contributed by atoms with Crippen LogP contribution in [0, 0.1) is 0 Å². The average Bonchev–Trinajstić information content (AvgIpc) is 2.23. The number of hydrogen-bond acceptors (Lipinski definition) is 4. The maximum Gasteiger partial charge on any atom is 0.132 e. The predicted molar refractivity (Wildman–Crippen MR) is 61.8 cm³/mol. The smallest absolute Gasteiger partial charge is 0.132 e. The van der Waals surface area contributed by atoms with Gasteiger partial charge in [-0.3, -0.25) is 0 Å². The molecule has 1 heterocycles. The summed E-state index contributed by atoms with van der Waals surface area (Å²) >= 11 is 0. The molecule has 15 heavy (non-hydrogen) atoms. The van der Waals surface area contributed by atoms with Gasteiger partial charge < -0.3 is 11.5 Å². The second-order valence-electron chi connectivity index (χ2n) is 3.95. The maximum atomic E-state index is 6.04. The predicted octanol–water partition coefficient (Wildman–Crippen LogP) is 0.820. The molecule has 1 aliphatic carbocycles. The van der Waals surface area contributed by atoms with Gasteiger partial charge in [-0.1, -0.05) is 0 Å². The molecule has 0 aliphatic heterocycles. The molecule has 2 rings (SSSR count). The third kappa shape index (κ3) is 2.87. The molecule has 1 saturated carbocycles. The summed E-state index contributed by atoms with van der Waals surface area (Å²) < 4.78 is 0. The Kier molecular flexibility index (Phi) is 4.45. The van der Waals surface area contributed by atoms with Gasteiger partial charge in [0, 0.05) is 30.4 Å². The fraction of sp³-hybridized carbons (Fsp3) is 0.600. The van der Waals surface area contributed by atoms with E-state index in [9.17, 15) is 0 Å². The second kappa shape index (κ2) is 5.39. The van der Waals surface area contributed by atoms with Crippen LogP contribution >= 0.6 is 12.4 Å². The van der Waals surface area contributed by atoms with Crippen LogP contribution in [0.1, 0.15) is 31.0 Å². The van der Waals surface area contributed by atoms with E-state index in [0.29, 0.717) is 0 Å². The molecular formula is C10H17ClN4. The van der Waals surface area contributed by atoms with Crippen molar-refractivity contribution in [3.8, 4) is 0 Å². The highest BCUT2D eigenvalue weighted by atomic mass is 35.5. The summed E-state index contributed by atoms with van der Waals surface area (Å²) in [5.74, 6) is 1.08. The van der Waals surface area contributed by atoms with Crippen molar-refractivity contribution in [1.29, 1.82) is 0 Å². The summed E-state index contributed by atoms with van der Waals surface area (Å²) in [6.45, 7) is 0. The minimum atomic E-state index is 0. The lowest BCUT2D eigenvalue weighted by atomic mass is 9.82. The molecule has 0 bridgehead atoms. The van der Waals surface area contributed by atoms with E-state index in [4.69, 9.17) is 11.5 Å². The SMILES string of the molecule is Cl.NC1CCC(N)C(c2ncccn2)C1. The Bertz CT molecular complexity index is 293. The van der Waals surface area contributed by atoms with Crippen LogP contribution in [-0.4, -0.2) is 22.1 Å². The maximum absolute atomic E-state index is 6.04. The number of hydrogen-bond donors (Lipinski definition) is 2. The van der Waals surface area contributed by atoms with Gasteiger partial charge in [0.25, 0.3) is 0 Å². The van der Waals surface area contributed by atoms with Crippen molar-refractivity contribution < 1.29 is 0 Å². The minimum absolute atomic E-state index is 0. The zero-order valence-electron chi connectivity index (χ0n) is 8.54. The van der Waals surface area contributed by atoms with Crippen molar-refractivity contribution in [2.45, 2.75) is 37.3 Å². The summed E-state index contributed by atoms with van der Waals surface area (Å²) in [5, 5.41) is 0. The van der Waals surface area contributed by atoms with Crippen molar-refractivity contribution in [3.63, 3.8) is 0 Å². The Morgan fingerprint density at radius 3 is 2.47 bits per heavy atom. The summed E-state index contributed by atoms with van der Waals surface area (Å²) in [6, 6.07) is 2.23. The lowest BCUT2D eigenvalue weighted by Gasteiger charge is -2.31. The third-order valence-electron chi connectivity index (χ3n) is 2.86. The van der Waals surface area contributed by atoms with E-state index < -0.39 is 0 Å². The van der Waals surface area contributed by atoms with Gasteiger partial charge in [0.2, 0.25) is 0 Å². The Balaban J connectivity index is 0.00000112. The molecule has 1 aromatic heterocycles. The zero-order valence-corrected chi connectivity index (χ0v) is 9.36. The van der Waals surface area contributed by atoms with E-state index >= 15 is 0 Å². The molecule has 0 amide bonds. The molecule has 0 radical (unpaired) electrons. The van der Waals surface area contributed by atoms with Crippen molar-refractivity contribution >= 4 is 12.4 Å². The van der Waals surface area contributed by atoms with Crippen molar-refractivity contribution in [3.05, 3.63) is 24.3 Å². The van der Waals surface area contributed by atoms with Gasteiger partial charge in [0.1, 0.15) is 5.82 Å². The first-order valence-electron chi connectivity index (χ1n) is 5.05. The first-order valence-corrected chi connectivity index (χ1v) is 5.05. The number of rotatable bonds is 1. The van der Waals surface area contributed by atoms with Gasteiger partial charge in [-0.2, -0.15) is 0 Å². The van der Waals surface area contributed by atoms with Crippen LogP contribution in [0.25, 0.3) is 0 Å². The van der Waals surface area contributed by atoms with Gasteiger partial charge >= 0.3 is 0 Å². The molecule has 1 aliphatic rings. The molecule has 0 aromatic carbocycles. The van der Waals surface area contributed by atoms with Crippen LogP contribution < -0.4 is 11.5 Å². The minimum Gasteiger partial charge on any atom is -0.328 e. The van der Waals surface area contributed by atoms with Crippen molar-refractivity contribution in [1.82, 2.24) is 9.97 Å². The van der Waals surface area contributed by atoms with Gasteiger partial charge in [-0.05, 0) is 25.3 Å². The highest BCUT2D eigenvalue weighted by molar-refractivity contribution is 5.85. The highest BCUT2D eigenvalue weighted by Crippen LogP contribution is 2.28. The van der Waals surface area contributed by atoms with Crippen LogP contribution in [0.4, 0.5) is 0 Å². The van der Waals surface area contributed by atoms with Crippen LogP contribution in [0.2, 0.25) is 0 Å². The average molecular weight is 229 g/mol.